The molecule has 3 atom stereocenters. The van der Waals surface area contributed by atoms with E-state index in [2.05, 4.69) is 20.8 Å². The van der Waals surface area contributed by atoms with Crippen molar-refractivity contribution in [2.24, 2.45) is 5.92 Å². The topological polar surface area (TPSA) is 27.7 Å². The van der Waals surface area contributed by atoms with Crippen LogP contribution in [-0.2, 0) is 14.2 Å². The number of hydrogen-bond donors (Lipinski definition) is 0. The molecule has 2 aliphatic heterocycles. The Morgan fingerprint density at radius 3 is 2.12 bits per heavy atom. The molecule has 3 heteroatoms. The Balaban J connectivity index is 2.20. The van der Waals surface area contributed by atoms with Crippen LogP contribution in [0.5, 0.6) is 0 Å². The van der Waals surface area contributed by atoms with E-state index in [1.165, 1.54) is 6.42 Å². The van der Waals surface area contributed by atoms with Crippen molar-refractivity contribution in [2.45, 2.75) is 84.1 Å². The van der Waals surface area contributed by atoms with Crippen molar-refractivity contribution in [3.8, 4) is 0 Å². The summed E-state index contributed by atoms with van der Waals surface area (Å²) in [5.41, 5.74) is -0.0398. The number of ether oxygens (including phenoxy) is 3. The molecule has 2 rings (SSSR count). The van der Waals surface area contributed by atoms with Gasteiger partial charge in [-0.15, -0.1) is 0 Å². The smallest absolute Gasteiger partial charge is 0.188 e. The van der Waals surface area contributed by atoms with Crippen LogP contribution in [0.15, 0.2) is 0 Å². The summed E-state index contributed by atoms with van der Waals surface area (Å²) < 4.78 is 18.1. The standard InChI is InChI=1S/C14H26O3/c1-6-9-10-11-12(16-13(4,5)15-11)17-14(10,7-2)8-3/h10-12H,6-9H2,1-5H3/t10-,11+,12-/m0/s1. The zero-order valence-electron chi connectivity index (χ0n) is 11.8. The lowest BCUT2D eigenvalue weighted by atomic mass is 9.79. The highest BCUT2D eigenvalue weighted by molar-refractivity contribution is 5.01. The van der Waals surface area contributed by atoms with Gasteiger partial charge < -0.3 is 14.2 Å². The predicted molar refractivity (Wildman–Crippen MR) is 66.6 cm³/mol. The molecule has 0 aromatic heterocycles. The molecule has 0 aliphatic carbocycles. The van der Waals surface area contributed by atoms with Gasteiger partial charge in [-0.05, 0) is 33.1 Å². The third kappa shape index (κ3) is 2.13. The molecule has 0 saturated carbocycles. The maximum absolute atomic E-state index is 6.22. The van der Waals surface area contributed by atoms with Crippen LogP contribution in [0, 0.1) is 5.92 Å². The molecule has 2 aliphatic rings. The summed E-state index contributed by atoms with van der Waals surface area (Å²) in [6, 6.07) is 0. The van der Waals surface area contributed by atoms with E-state index in [0.29, 0.717) is 5.92 Å². The first-order valence-corrected chi connectivity index (χ1v) is 7.01. The van der Waals surface area contributed by atoms with Crippen LogP contribution >= 0.6 is 0 Å². The first kappa shape index (κ1) is 13.3. The summed E-state index contributed by atoms with van der Waals surface area (Å²) in [4.78, 5) is 0. The van der Waals surface area contributed by atoms with Crippen molar-refractivity contribution in [1.82, 2.24) is 0 Å². The lowest BCUT2D eigenvalue weighted by molar-refractivity contribution is -0.234. The molecule has 2 heterocycles. The lowest BCUT2D eigenvalue weighted by Crippen LogP contribution is -2.39. The molecule has 17 heavy (non-hydrogen) atoms. The van der Waals surface area contributed by atoms with E-state index in [-0.39, 0.29) is 18.0 Å². The van der Waals surface area contributed by atoms with Crippen molar-refractivity contribution in [3.63, 3.8) is 0 Å². The minimum atomic E-state index is -0.491. The summed E-state index contributed by atoms with van der Waals surface area (Å²) in [6.07, 6.45) is 4.35. The van der Waals surface area contributed by atoms with Crippen LogP contribution in [0.4, 0.5) is 0 Å². The predicted octanol–water partition coefficient (Wildman–Crippen LogP) is 3.47. The van der Waals surface area contributed by atoms with Crippen molar-refractivity contribution >= 4 is 0 Å². The Hall–Kier alpha value is -0.120. The molecule has 2 fully saturated rings. The number of hydrogen-bond acceptors (Lipinski definition) is 3. The van der Waals surface area contributed by atoms with E-state index in [1.807, 2.05) is 13.8 Å². The van der Waals surface area contributed by atoms with Gasteiger partial charge in [0.15, 0.2) is 12.1 Å². The monoisotopic (exact) mass is 242 g/mol. The molecular weight excluding hydrogens is 216 g/mol. The van der Waals surface area contributed by atoms with Crippen molar-refractivity contribution in [2.75, 3.05) is 0 Å². The zero-order chi connectivity index (χ0) is 12.7. The molecule has 0 radical (unpaired) electrons. The molecule has 0 N–H and O–H groups in total. The van der Waals surface area contributed by atoms with Crippen LogP contribution in [0.2, 0.25) is 0 Å². The van der Waals surface area contributed by atoms with E-state index in [9.17, 15) is 0 Å². The van der Waals surface area contributed by atoms with Gasteiger partial charge in [0, 0.05) is 5.92 Å². The summed E-state index contributed by atoms with van der Waals surface area (Å²) in [7, 11) is 0. The minimum Gasteiger partial charge on any atom is -0.343 e. The van der Waals surface area contributed by atoms with Gasteiger partial charge in [-0.25, -0.2) is 0 Å². The second kappa shape index (κ2) is 4.52. The van der Waals surface area contributed by atoms with E-state index in [0.717, 1.165) is 19.3 Å². The van der Waals surface area contributed by atoms with E-state index in [4.69, 9.17) is 14.2 Å². The molecule has 100 valence electrons. The summed E-state index contributed by atoms with van der Waals surface area (Å²) in [5, 5.41) is 0. The highest BCUT2D eigenvalue weighted by Crippen LogP contribution is 2.50. The molecule has 0 amide bonds. The van der Waals surface area contributed by atoms with Crippen LogP contribution in [0.25, 0.3) is 0 Å². The zero-order valence-corrected chi connectivity index (χ0v) is 11.8. The van der Waals surface area contributed by atoms with Crippen LogP contribution < -0.4 is 0 Å². The van der Waals surface area contributed by atoms with Crippen LogP contribution in [0.1, 0.15) is 60.3 Å². The Bertz CT molecular complexity index is 271. The van der Waals surface area contributed by atoms with Gasteiger partial charge in [0.25, 0.3) is 0 Å². The molecule has 0 unspecified atom stereocenters. The van der Waals surface area contributed by atoms with Gasteiger partial charge in [0.1, 0.15) is 6.10 Å². The van der Waals surface area contributed by atoms with E-state index in [1.54, 1.807) is 0 Å². The molecule has 0 aromatic carbocycles. The van der Waals surface area contributed by atoms with Crippen LogP contribution in [0.3, 0.4) is 0 Å². The highest BCUT2D eigenvalue weighted by Gasteiger charge is 2.59. The summed E-state index contributed by atoms with van der Waals surface area (Å²) in [5.74, 6) is -0.0242. The second-order valence-electron chi connectivity index (χ2n) is 5.75. The average molecular weight is 242 g/mol. The maximum Gasteiger partial charge on any atom is 0.188 e. The fourth-order valence-corrected chi connectivity index (χ4v) is 3.42. The largest absolute Gasteiger partial charge is 0.343 e. The average Bonchev–Trinajstić information content (AvgIpc) is 2.71. The first-order chi connectivity index (χ1) is 7.98. The first-order valence-electron chi connectivity index (χ1n) is 7.01. The number of fused-ring (bicyclic) bond motifs is 1. The van der Waals surface area contributed by atoms with Crippen molar-refractivity contribution < 1.29 is 14.2 Å². The SMILES string of the molecule is CCC[C@H]1[C@H]2OC(C)(C)O[C@H]2OC1(CC)CC. The van der Waals surface area contributed by atoms with Gasteiger partial charge >= 0.3 is 0 Å². The highest BCUT2D eigenvalue weighted by atomic mass is 16.8. The Kier molecular flexibility index (Phi) is 3.54. The molecule has 0 aromatic rings. The molecule has 0 spiro atoms. The fourth-order valence-electron chi connectivity index (χ4n) is 3.42. The Morgan fingerprint density at radius 2 is 1.59 bits per heavy atom. The normalized spacial score (nSPS) is 38.3. The maximum atomic E-state index is 6.22. The quantitative estimate of drug-likeness (QED) is 0.755. The van der Waals surface area contributed by atoms with Crippen molar-refractivity contribution in [1.29, 1.82) is 0 Å². The molecule has 3 nitrogen and oxygen atoms in total. The lowest BCUT2D eigenvalue weighted by Gasteiger charge is -2.35. The van der Waals surface area contributed by atoms with Gasteiger partial charge in [0.05, 0.1) is 5.60 Å². The second-order valence-corrected chi connectivity index (χ2v) is 5.75. The molecule has 0 bridgehead atoms. The third-order valence-corrected chi connectivity index (χ3v) is 4.31. The number of rotatable bonds is 4. The van der Waals surface area contributed by atoms with Gasteiger partial charge in [-0.2, -0.15) is 0 Å². The Labute approximate surface area is 105 Å². The fraction of sp³-hybridized carbons (Fsp3) is 1.00. The van der Waals surface area contributed by atoms with Gasteiger partial charge in [0.2, 0.25) is 0 Å². The van der Waals surface area contributed by atoms with E-state index < -0.39 is 5.79 Å². The Morgan fingerprint density at radius 1 is 0.941 bits per heavy atom. The molecular formula is C14H26O3. The van der Waals surface area contributed by atoms with Crippen molar-refractivity contribution in [3.05, 3.63) is 0 Å². The van der Waals surface area contributed by atoms with E-state index >= 15 is 0 Å². The third-order valence-electron chi connectivity index (χ3n) is 4.31. The summed E-state index contributed by atoms with van der Waals surface area (Å²) >= 11 is 0. The molecule has 2 saturated heterocycles. The van der Waals surface area contributed by atoms with Crippen LogP contribution in [-0.4, -0.2) is 23.8 Å². The minimum absolute atomic E-state index is 0.0398. The summed E-state index contributed by atoms with van der Waals surface area (Å²) in [6.45, 7) is 10.6. The van der Waals surface area contributed by atoms with Gasteiger partial charge in [-0.3, -0.25) is 0 Å². The van der Waals surface area contributed by atoms with Gasteiger partial charge in [-0.1, -0.05) is 27.2 Å².